The molecule has 23 heavy (non-hydrogen) atoms. The topological polar surface area (TPSA) is 96.1 Å². The van der Waals surface area contributed by atoms with Crippen LogP contribution in [0.25, 0.3) is 0 Å². The van der Waals surface area contributed by atoms with Crippen LogP contribution in [0, 0.1) is 5.92 Å². The molecule has 128 valence electrons. The summed E-state index contributed by atoms with van der Waals surface area (Å²) in [5.74, 6) is -0.475. The van der Waals surface area contributed by atoms with E-state index < -0.39 is 12.0 Å². The van der Waals surface area contributed by atoms with Crippen molar-refractivity contribution in [1.82, 2.24) is 20.8 Å². The minimum atomic E-state index is -0.659. The molecule has 0 radical (unpaired) electrons. The van der Waals surface area contributed by atoms with Crippen molar-refractivity contribution in [3.8, 4) is 0 Å². The van der Waals surface area contributed by atoms with Gasteiger partial charge in [-0.3, -0.25) is 9.89 Å². The first-order valence-corrected chi connectivity index (χ1v) is 8.16. The van der Waals surface area contributed by atoms with Crippen LogP contribution in [0.5, 0.6) is 0 Å². The fourth-order valence-electron chi connectivity index (χ4n) is 2.64. The van der Waals surface area contributed by atoms with Crippen molar-refractivity contribution in [3.05, 3.63) is 17.0 Å². The first-order valence-electron chi connectivity index (χ1n) is 8.16. The number of aromatic nitrogens is 2. The first-order chi connectivity index (χ1) is 10.9. The van der Waals surface area contributed by atoms with Crippen molar-refractivity contribution in [2.45, 2.75) is 59.2 Å². The van der Waals surface area contributed by atoms with Crippen molar-refractivity contribution in [3.63, 3.8) is 0 Å². The molecule has 0 saturated heterocycles. The van der Waals surface area contributed by atoms with Gasteiger partial charge < -0.3 is 15.4 Å². The SMILES string of the molecule is CC(C)C[C@H](NC(=O)c1n[nH]c2c1CNCC2)C(=O)OC(C)C. The van der Waals surface area contributed by atoms with Crippen LogP contribution in [0.2, 0.25) is 0 Å². The summed E-state index contributed by atoms with van der Waals surface area (Å²) < 4.78 is 5.25. The van der Waals surface area contributed by atoms with Crippen LogP contribution in [0.3, 0.4) is 0 Å². The minimum Gasteiger partial charge on any atom is -0.461 e. The number of fused-ring (bicyclic) bond motifs is 1. The van der Waals surface area contributed by atoms with Crippen molar-refractivity contribution in [1.29, 1.82) is 0 Å². The summed E-state index contributed by atoms with van der Waals surface area (Å²) >= 11 is 0. The monoisotopic (exact) mass is 322 g/mol. The number of H-pyrrole nitrogens is 1. The Morgan fingerprint density at radius 1 is 1.30 bits per heavy atom. The second kappa shape index (κ2) is 7.59. The van der Waals surface area contributed by atoms with Gasteiger partial charge in [0.2, 0.25) is 0 Å². The quantitative estimate of drug-likeness (QED) is 0.683. The van der Waals surface area contributed by atoms with Gasteiger partial charge in [-0.05, 0) is 26.2 Å². The molecule has 1 amide bonds. The van der Waals surface area contributed by atoms with Crippen molar-refractivity contribution in [2.75, 3.05) is 6.54 Å². The Labute approximate surface area is 136 Å². The fraction of sp³-hybridized carbons (Fsp3) is 0.688. The van der Waals surface area contributed by atoms with Gasteiger partial charge in [-0.2, -0.15) is 5.10 Å². The van der Waals surface area contributed by atoms with Crippen molar-refractivity contribution < 1.29 is 14.3 Å². The number of esters is 1. The van der Waals surface area contributed by atoms with Crippen LogP contribution in [-0.4, -0.2) is 40.8 Å². The average molecular weight is 322 g/mol. The lowest BCUT2D eigenvalue weighted by Crippen LogP contribution is -2.44. The Bertz CT molecular complexity index is 566. The third-order valence-corrected chi connectivity index (χ3v) is 3.67. The van der Waals surface area contributed by atoms with Crippen LogP contribution >= 0.6 is 0 Å². The molecule has 0 spiro atoms. The van der Waals surface area contributed by atoms with E-state index in [0.29, 0.717) is 18.7 Å². The molecule has 7 heteroatoms. The van der Waals surface area contributed by atoms with Gasteiger partial charge in [-0.15, -0.1) is 0 Å². The predicted octanol–water partition coefficient (Wildman–Crippen LogP) is 1.15. The Hall–Kier alpha value is -1.89. The molecule has 0 bridgehead atoms. The van der Waals surface area contributed by atoms with E-state index in [-0.39, 0.29) is 17.9 Å². The Morgan fingerprint density at radius 2 is 2.04 bits per heavy atom. The van der Waals surface area contributed by atoms with Crippen LogP contribution in [0.15, 0.2) is 0 Å². The van der Waals surface area contributed by atoms with Crippen LogP contribution < -0.4 is 10.6 Å². The van der Waals surface area contributed by atoms with Gasteiger partial charge in [0.1, 0.15) is 6.04 Å². The molecule has 0 fully saturated rings. The Balaban J connectivity index is 2.10. The van der Waals surface area contributed by atoms with E-state index in [1.165, 1.54) is 0 Å². The number of amides is 1. The van der Waals surface area contributed by atoms with Crippen LogP contribution in [0.1, 0.15) is 55.9 Å². The lowest BCUT2D eigenvalue weighted by molar-refractivity contribution is -0.150. The molecule has 0 saturated carbocycles. The van der Waals surface area contributed by atoms with E-state index in [1.54, 1.807) is 13.8 Å². The molecule has 3 N–H and O–H groups in total. The molecule has 0 aliphatic carbocycles. The maximum atomic E-state index is 12.5. The zero-order valence-electron chi connectivity index (χ0n) is 14.2. The summed E-state index contributed by atoms with van der Waals surface area (Å²) in [4.78, 5) is 24.7. The zero-order chi connectivity index (χ0) is 17.0. The number of nitrogens with zero attached hydrogens (tertiary/aromatic N) is 1. The van der Waals surface area contributed by atoms with Crippen LogP contribution in [-0.2, 0) is 22.5 Å². The Morgan fingerprint density at radius 3 is 2.70 bits per heavy atom. The molecule has 0 unspecified atom stereocenters. The highest BCUT2D eigenvalue weighted by molar-refractivity contribution is 5.96. The molecular weight excluding hydrogens is 296 g/mol. The zero-order valence-corrected chi connectivity index (χ0v) is 14.2. The van der Waals surface area contributed by atoms with Crippen molar-refractivity contribution >= 4 is 11.9 Å². The molecule has 2 heterocycles. The maximum Gasteiger partial charge on any atom is 0.328 e. The molecule has 2 rings (SSSR count). The van der Waals surface area contributed by atoms with Crippen LogP contribution in [0.4, 0.5) is 0 Å². The molecule has 1 atom stereocenters. The van der Waals surface area contributed by atoms with Gasteiger partial charge in [0.05, 0.1) is 6.10 Å². The molecular formula is C16H26N4O3. The highest BCUT2D eigenvalue weighted by Gasteiger charge is 2.28. The van der Waals surface area contributed by atoms with Gasteiger partial charge in [0, 0.05) is 30.8 Å². The highest BCUT2D eigenvalue weighted by atomic mass is 16.5. The Kier molecular flexibility index (Phi) is 5.76. The summed E-state index contributed by atoms with van der Waals surface area (Å²) in [6.07, 6.45) is 1.14. The standard InChI is InChI=1S/C16H26N4O3/c1-9(2)7-13(16(22)23-10(3)4)18-15(21)14-11-8-17-6-5-12(11)19-20-14/h9-10,13,17H,5-8H2,1-4H3,(H,18,21)(H,19,20)/t13-/m0/s1. The van der Waals surface area contributed by atoms with Gasteiger partial charge in [-0.25, -0.2) is 4.79 Å². The summed E-state index contributed by atoms with van der Waals surface area (Å²) in [6.45, 7) is 9.07. The van der Waals surface area contributed by atoms with E-state index in [0.717, 1.165) is 24.2 Å². The maximum absolute atomic E-state index is 12.5. The molecule has 1 aliphatic rings. The number of hydrogen-bond donors (Lipinski definition) is 3. The molecule has 7 nitrogen and oxygen atoms in total. The fourth-order valence-corrected chi connectivity index (χ4v) is 2.64. The second-order valence-electron chi connectivity index (χ2n) is 6.60. The number of nitrogens with one attached hydrogen (secondary N) is 3. The van der Waals surface area contributed by atoms with E-state index in [2.05, 4.69) is 20.8 Å². The first kappa shape index (κ1) is 17.5. The molecule has 1 aliphatic heterocycles. The highest BCUT2D eigenvalue weighted by Crippen LogP contribution is 2.16. The lowest BCUT2D eigenvalue weighted by Gasteiger charge is -2.21. The van der Waals surface area contributed by atoms with Gasteiger partial charge in [-0.1, -0.05) is 13.8 Å². The number of carbonyl (C=O) groups excluding carboxylic acids is 2. The minimum absolute atomic E-state index is 0.212. The smallest absolute Gasteiger partial charge is 0.328 e. The summed E-state index contributed by atoms with van der Waals surface area (Å²) in [7, 11) is 0. The molecule has 1 aromatic heterocycles. The number of ether oxygens (including phenoxy) is 1. The third-order valence-electron chi connectivity index (χ3n) is 3.67. The van der Waals surface area contributed by atoms with Gasteiger partial charge in [0.25, 0.3) is 5.91 Å². The molecule has 1 aromatic rings. The predicted molar refractivity (Wildman–Crippen MR) is 85.9 cm³/mol. The van der Waals surface area contributed by atoms with E-state index in [9.17, 15) is 9.59 Å². The number of aromatic amines is 1. The van der Waals surface area contributed by atoms with Gasteiger partial charge >= 0.3 is 5.97 Å². The largest absolute Gasteiger partial charge is 0.461 e. The number of hydrogen-bond acceptors (Lipinski definition) is 5. The molecule has 0 aromatic carbocycles. The number of carbonyl (C=O) groups is 2. The number of rotatable bonds is 6. The van der Waals surface area contributed by atoms with Crippen molar-refractivity contribution in [2.24, 2.45) is 5.92 Å². The van der Waals surface area contributed by atoms with Gasteiger partial charge in [0.15, 0.2) is 5.69 Å². The third kappa shape index (κ3) is 4.54. The summed E-state index contributed by atoms with van der Waals surface area (Å²) in [5.41, 5.74) is 2.23. The lowest BCUT2D eigenvalue weighted by atomic mass is 10.0. The normalized spacial score (nSPS) is 15.4. The van der Waals surface area contributed by atoms with E-state index in [4.69, 9.17) is 4.74 Å². The average Bonchev–Trinajstić information content (AvgIpc) is 2.89. The second-order valence-corrected chi connectivity index (χ2v) is 6.60. The summed E-state index contributed by atoms with van der Waals surface area (Å²) in [5, 5.41) is 13.0. The van der Waals surface area contributed by atoms with E-state index >= 15 is 0 Å². The van der Waals surface area contributed by atoms with E-state index in [1.807, 2.05) is 13.8 Å². The summed E-state index contributed by atoms with van der Waals surface area (Å²) in [6, 6.07) is -0.659.